The van der Waals surface area contributed by atoms with Gasteiger partial charge in [0.2, 0.25) is 0 Å². The number of carbonyl (C=O) groups excluding carboxylic acids is 1. The smallest absolute Gasteiger partial charge is 0.151 e. The van der Waals surface area contributed by atoms with Crippen LogP contribution in [0.1, 0.15) is 40.0 Å². The maximum atomic E-state index is 10.9. The molecule has 0 aromatic heterocycles. The molecule has 0 spiro atoms. The lowest BCUT2D eigenvalue weighted by Gasteiger charge is -2.29. The fourth-order valence-electron chi connectivity index (χ4n) is 1.89. The molecule has 0 aromatic rings. The first-order valence-corrected chi connectivity index (χ1v) is 4.58. The summed E-state index contributed by atoms with van der Waals surface area (Å²) in [4.78, 5) is 10.9. The van der Waals surface area contributed by atoms with Crippen LogP contribution in [0.2, 0.25) is 0 Å². The predicted molar refractivity (Wildman–Crippen MR) is 48.1 cm³/mol. The summed E-state index contributed by atoms with van der Waals surface area (Å²) in [5, 5.41) is 0. The molecule has 70 valence electrons. The van der Waals surface area contributed by atoms with Crippen molar-refractivity contribution in [2.24, 2.45) is 5.41 Å². The second-order valence-electron chi connectivity index (χ2n) is 4.87. The van der Waals surface area contributed by atoms with Crippen LogP contribution in [0, 0.1) is 5.41 Å². The van der Waals surface area contributed by atoms with Crippen molar-refractivity contribution in [3.05, 3.63) is 0 Å². The molecule has 1 atom stereocenters. The summed E-state index contributed by atoms with van der Waals surface area (Å²) in [6, 6.07) is 0. The molecule has 0 aromatic carbocycles. The van der Waals surface area contributed by atoms with E-state index in [1.807, 2.05) is 0 Å². The first-order chi connectivity index (χ1) is 5.47. The van der Waals surface area contributed by atoms with Crippen LogP contribution in [0.5, 0.6) is 0 Å². The predicted octanol–water partition coefficient (Wildman–Crippen LogP) is 2.17. The first-order valence-electron chi connectivity index (χ1n) is 4.58. The zero-order valence-electron chi connectivity index (χ0n) is 8.22. The number of rotatable bonds is 2. The van der Waals surface area contributed by atoms with Gasteiger partial charge in [-0.3, -0.25) is 0 Å². The summed E-state index contributed by atoms with van der Waals surface area (Å²) in [6.07, 6.45) is 3.75. The summed E-state index contributed by atoms with van der Waals surface area (Å²) in [6.45, 7) is 7.16. The summed E-state index contributed by atoms with van der Waals surface area (Å²) in [7, 11) is 0. The highest BCUT2D eigenvalue weighted by molar-refractivity contribution is 5.63. The van der Waals surface area contributed by atoms with E-state index in [2.05, 4.69) is 20.8 Å². The van der Waals surface area contributed by atoms with Gasteiger partial charge in [0.1, 0.15) is 5.60 Å². The summed E-state index contributed by atoms with van der Waals surface area (Å²) in [5.74, 6) is 0. The van der Waals surface area contributed by atoms with E-state index in [-0.39, 0.29) is 5.41 Å². The molecule has 0 amide bonds. The van der Waals surface area contributed by atoms with Crippen molar-refractivity contribution in [1.82, 2.24) is 0 Å². The van der Waals surface area contributed by atoms with Crippen molar-refractivity contribution in [3.8, 4) is 0 Å². The van der Waals surface area contributed by atoms with Crippen LogP contribution in [-0.2, 0) is 9.53 Å². The van der Waals surface area contributed by atoms with Crippen molar-refractivity contribution in [3.63, 3.8) is 0 Å². The molecular weight excluding hydrogens is 152 g/mol. The van der Waals surface area contributed by atoms with Crippen molar-refractivity contribution in [1.29, 1.82) is 0 Å². The minimum absolute atomic E-state index is 0.172. The minimum atomic E-state index is -0.460. The van der Waals surface area contributed by atoms with Crippen molar-refractivity contribution >= 4 is 6.29 Å². The molecule has 1 heterocycles. The third kappa shape index (κ3) is 2.31. The minimum Gasteiger partial charge on any atom is -0.367 e. The molecule has 12 heavy (non-hydrogen) atoms. The molecule has 0 saturated carbocycles. The van der Waals surface area contributed by atoms with Gasteiger partial charge in [0.25, 0.3) is 0 Å². The second kappa shape index (κ2) is 3.17. The van der Waals surface area contributed by atoms with Crippen LogP contribution in [-0.4, -0.2) is 18.5 Å². The zero-order valence-corrected chi connectivity index (χ0v) is 8.22. The Morgan fingerprint density at radius 2 is 2.17 bits per heavy atom. The molecule has 2 heteroatoms. The molecule has 2 nitrogen and oxygen atoms in total. The lowest BCUT2D eigenvalue weighted by molar-refractivity contribution is -0.128. The molecule has 0 bridgehead atoms. The van der Waals surface area contributed by atoms with E-state index < -0.39 is 5.60 Å². The number of ether oxygens (including phenoxy) is 1. The average molecular weight is 170 g/mol. The largest absolute Gasteiger partial charge is 0.367 e. The third-order valence-electron chi connectivity index (χ3n) is 2.18. The van der Waals surface area contributed by atoms with Crippen LogP contribution >= 0.6 is 0 Å². The van der Waals surface area contributed by atoms with Crippen LogP contribution in [0.25, 0.3) is 0 Å². The zero-order chi connectivity index (χ0) is 9.24. The van der Waals surface area contributed by atoms with E-state index in [4.69, 9.17) is 4.74 Å². The van der Waals surface area contributed by atoms with Crippen molar-refractivity contribution in [2.75, 3.05) is 6.61 Å². The van der Waals surface area contributed by atoms with Gasteiger partial charge in [0.05, 0.1) is 0 Å². The second-order valence-corrected chi connectivity index (χ2v) is 4.87. The molecule has 1 saturated heterocycles. The van der Waals surface area contributed by atoms with Gasteiger partial charge in [-0.1, -0.05) is 20.8 Å². The quantitative estimate of drug-likeness (QED) is 0.594. The maximum Gasteiger partial charge on any atom is 0.151 e. The monoisotopic (exact) mass is 170 g/mol. The summed E-state index contributed by atoms with van der Waals surface area (Å²) < 4.78 is 5.50. The molecule has 1 rings (SSSR count). The highest BCUT2D eigenvalue weighted by atomic mass is 16.5. The summed E-state index contributed by atoms with van der Waals surface area (Å²) in [5.41, 5.74) is -0.288. The van der Waals surface area contributed by atoms with Crippen LogP contribution in [0.3, 0.4) is 0 Å². The highest BCUT2D eigenvalue weighted by Gasteiger charge is 2.38. The standard InChI is InChI=1S/C10H18O2/c1-9(2,3)7-10(8-11)5-4-6-12-10/h8H,4-7H2,1-3H3. The van der Waals surface area contributed by atoms with E-state index >= 15 is 0 Å². The molecule has 0 radical (unpaired) electrons. The molecule has 1 fully saturated rings. The maximum absolute atomic E-state index is 10.9. The van der Waals surface area contributed by atoms with Crippen molar-refractivity contribution in [2.45, 2.75) is 45.6 Å². The molecule has 0 aliphatic carbocycles. The molecule has 0 N–H and O–H groups in total. The Morgan fingerprint density at radius 1 is 1.50 bits per heavy atom. The van der Waals surface area contributed by atoms with Gasteiger partial charge < -0.3 is 9.53 Å². The molecular formula is C10H18O2. The average Bonchev–Trinajstić information content (AvgIpc) is 2.34. The Labute approximate surface area is 74.3 Å². The van der Waals surface area contributed by atoms with Gasteiger partial charge in [-0.2, -0.15) is 0 Å². The van der Waals surface area contributed by atoms with Crippen LogP contribution in [0.4, 0.5) is 0 Å². The topological polar surface area (TPSA) is 26.3 Å². The fraction of sp³-hybridized carbons (Fsp3) is 0.900. The Hall–Kier alpha value is -0.370. The van der Waals surface area contributed by atoms with Crippen LogP contribution < -0.4 is 0 Å². The SMILES string of the molecule is CC(C)(C)CC1(C=O)CCCO1. The van der Waals surface area contributed by atoms with E-state index in [0.29, 0.717) is 0 Å². The van der Waals surface area contributed by atoms with Gasteiger partial charge >= 0.3 is 0 Å². The number of hydrogen-bond donors (Lipinski definition) is 0. The fourth-order valence-corrected chi connectivity index (χ4v) is 1.89. The lowest BCUT2D eigenvalue weighted by atomic mass is 9.81. The van der Waals surface area contributed by atoms with E-state index in [9.17, 15) is 4.79 Å². The number of carbonyl (C=O) groups is 1. The Kier molecular flexibility index (Phi) is 2.57. The van der Waals surface area contributed by atoms with E-state index in [1.165, 1.54) is 0 Å². The summed E-state index contributed by atoms with van der Waals surface area (Å²) >= 11 is 0. The van der Waals surface area contributed by atoms with Gasteiger partial charge in [0.15, 0.2) is 6.29 Å². The van der Waals surface area contributed by atoms with Gasteiger partial charge in [-0.25, -0.2) is 0 Å². The highest BCUT2D eigenvalue weighted by Crippen LogP contribution is 2.35. The van der Waals surface area contributed by atoms with E-state index in [0.717, 1.165) is 32.2 Å². The van der Waals surface area contributed by atoms with Crippen LogP contribution in [0.15, 0.2) is 0 Å². The van der Waals surface area contributed by atoms with Gasteiger partial charge in [-0.15, -0.1) is 0 Å². The Bertz CT molecular complexity index is 161. The first kappa shape index (κ1) is 9.72. The number of hydrogen-bond acceptors (Lipinski definition) is 2. The Morgan fingerprint density at radius 3 is 2.50 bits per heavy atom. The number of aldehydes is 1. The van der Waals surface area contributed by atoms with E-state index in [1.54, 1.807) is 0 Å². The van der Waals surface area contributed by atoms with Gasteiger partial charge in [0, 0.05) is 6.61 Å². The van der Waals surface area contributed by atoms with Crippen molar-refractivity contribution < 1.29 is 9.53 Å². The Balaban J connectivity index is 2.62. The molecule has 1 aliphatic rings. The molecule has 1 unspecified atom stereocenters. The normalized spacial score (nSPS) is 30.6. The molecule has 1 aliphatic heterocycles. The van der Waals surface area contributed by atoms with Gasteiger partial charge in [-0.05, 0) is 24.7 Å². The lowest BCUT2D eigenvalue weighted by Crippen LogP contribution is -2.34. The third-order valence-corrected chi connectivity index (χ3v) is 2.18.